The summed E-state index contributed by atoms with van der Waals surface area (Å²) in [6.45, 7) is 3.47. The molecule has 0 aliphatic heterocycles. The van der Waals surface area contributed by atoms with Crippen molar-refractivity contribution in [3.05, 3.63) is 82.4 Å². The van der Waals surface area contributed by atoms with Crippen LogP contribution in [0.5, 0.6) is 0 Å². The predicted octanol–water partition coefficient (Wildman–Crippen LogP) is 2.68. The smallest absolute Gasteiger partial charge is 0.273 e. The van der Waals surface area contributed by atoms with Crippen LogP contribution in [-0.2, 0) is 9.84 Å². The standard InChI is InChI=1S/C18H16N2O3S/c1-13-8-10-16(11-9-13)24(22,23)18-14(2)20(17(21)12-19-18)15-6-4-3-5-7-15/h3-12H,1-2H3. The van der Waals surface area contributed by atoms with Gasteiger partial charge in [0.25, 0.3) is 5.56 Å². The molecular weight excluding hydrogens is 324 g/mol. The third-order valence-corrected chi connectivity index (χ3v) is 5.56. The van der Waals surface area contributed by atoms with E-state index in [4.69, 9.17) is 0 Å². The molecule has 0 saturated carbocycles. The SMILES string of the molecule is Cc1ccc(S(=O)(=O)c2ncc(=O)n(-c3ccccc3)c2C)cc1. The highest BCUT2D eigenvalue weighted by molar-refractivity contribution is 7.91. The van der Waals surface area contributed by atoms with Gasteiger partial charge in [0, 0.05) is 5.69 Å². The first kappa shape index (κ1) is 16.1. The van der Waals surface area contributed by atoms with Crippen LogP contribution in [0.3, 0.4) is 0 Å². The second kappa shape index (κ2) is 6.05. The molecule has 0 spiro atoms. The van der Waals surface area contributed by atoms with E-state index in [1.54, 1.807) is 55.5 Å². The van der Waals surface area contributed by atoms with E-state index in [2.05, 4.69) is 4.98 Å². The molecule has 1 aromatic heterocycles. The number of benzene rings is 2. The molecule has 0 saturated heterocycles. The average Bonchev–Trinajstić information content (AvgIpc) is 2.56. The normalized spacial score (nSPS) is 11.4. The summed E-state index contributed by atoms with van der Waals surface area (Å²) in [5.41, 5.74) is 1.48. The Morgan fingerprint density at radius 2 is 1.54 bits per heavy atom. The van der Waals surface area contributed by atoms with Crippen molar-refractivity contribution in [2.75, 3.05) is 0 Å². The summed E-state index contributed by atoms with van der Waals surface area (Å²) in [5.74, 6) is 0. The van der Waals surface area contributed by atoms with Crippen LogP contribution in [0.15, 0.2) is 75.5 Å². The zero-order valence-electron chi connectivity index (χ0n) is 13.3. The third kappa shape index (κ3) is 2.76. The first-order valence-corrected chi connectivity index (χ1v) is 8.85. The summed E-state index contributed by atoms with van der Waals surface area (Å²) in [6.07, 6.45) is 1.04. The molecule has 5 nitrogen and oxygen atoms in total. The minimum atomic E-state index is -3.80. The molecule has 0 N–H and O–H groups in total. The predicted molar refractivity (Wildman–Crippen MR) is 91.2 cm³/mol. The van der Waals surface area contributed by atoms with Crippen LogP contribution in [0, 0.1) is 13.8 Å². The Morgan fingerprint density at radius 3 is 2.17 bits per heavy atom. The lowest BCUT2D eigenvalue weighted by Gasteiger charge is -2.13. The van der Waals surface area contributed by atoms with Crippen LogP contribution < -0.4 is 5.56 Å². The summed E-state index contributed by atoms with van der Waals surface area (Å²) < 4.78 is 27.1. The maximum Gasteiger partial charge on any atom is 0.273 e. The van der Waals surface area contributed by atoms with Gasteiger partial charge < -0.3 is 0 Å². The number of nitrogens with zero attached hydrogens (tertiary/aromatic N) is 2. The van der Waals surface area contributed by atoms with Gasteiger partial charge in [0.2, 0.25) is 9.84 Å². The van der Waals surface area contributed by atoms with Gasteiger partial charge in [-0.2, -0.15) is 0 Å². The molecule has 3 aromatic rings. The monoisotopic (exact) mass is 340 g/mol. The molecule has 0 bridgehead atoms. The van der Waals surface area contributed by atoms with Gasteiger partial charge in [0.15, 0.2) is 5.03 Å². The van der Waals surface area contributed by atoms with Crippen molar-refractivity contribution >= 4 is 9.84 Å². The molecule has 0 radical (unpaired) electrons. The van der Waals surface area contributed by atoms with E-state index in [0.717, 1.165) is 11.8 Å². The fourth-order valence-corrected chi connectivity index (χ4v) is 3.91. The topological polar surface area (TPSA) is 69.0 Å². The molecule has 0 amide bonds. The molecule has 2 aromatic carbocycles. The highest BCUT2D eigenvalue weighted by Crippen LogP contribution is 2.22. The molecular formula is C18H16N2O3S. The molecule has 0 fully saturated rings. The summed E-state index contributed by atoms with van der Waals surface area (Å²) >= 11 is 0. The third-order valence-electron chi connectivity index (χ3n) is 3.76. The van der Waals surface area contributed by atoms with Crippen molar-refractivity contribution in [1.82, 2.24) is 9.55 Å². The maximum absolute atomic E-state index is 12.9. The Hall–Kier alpha value is -2.73. The lowest BCUT2D eigenvalue weighted by molar-refractivity contribution is 0.588. The lowest BCUT2D eigenvalue weighted by Crippen LogP contribution is -2.24. The highest BCUT2D eigenvalue weighted by Gasteiger charge is 2.24. The fourth-order valence-electron chi connectivity index (χ4n) is 2.52. The van der Waals surface area contributed by atoms with Gasteiger partial charge in [-0.25, -0.2) is 13.4 Å². The van der Waals surface area contributed by atoms with Gasteiger partial charge in [0.1, 0.15) is 0 Å². The van der Waals surface area contributed by atoms with Crippen molar-refractivity contribution in [1.29, 1.82) is 0 Å². The maximum atomic E-state index is 12.9. The number of hydrogen-bond donors (Lipinski definition) is 0. The summed E-state index contributed by atoms with van der Waals surface area (Å²) in [4.78, 5) is 16.3. The zero-order chi connectivity index (χ0) is 17.3. The highest BCUT2D eigenvalue weighted by atomic mass is 32.2. The van der Waals surface area contributed by atoms with Crippen molar-refractivity contribution in [3.63, 3.8) is 0 Å². The quantitative estimate of drug-likeness (QED) is 0.735. The molecule has 0 aliphatic carbocycles. The molecule has 0 aliphatic rings. The molecule has 1 heterocycles. The van der Waals surface area contributed by atoms with E-state index in [9.17, 15) is 13.2 Å². The Kier molecular flexibility index (Phi) is 4.07. The van der Waals surface area contributed by atoms with Gasteiger partial charge in [-0.15, -0.1) is 0 Å². The minimum absolute atomic E-state index is 0.116. The van der Waals surface area contributed by atoms with Crippen molar-refractivity contribution in [2.24, 2.45) is 0 Å². The molecule has 3 rings (SSSR count). The van der Waals surface area contributed by atoms with Crippen LogP contribution in [0.2, 0.25) is 0 Å². The van der Waals surface area contributed by atoms with Crippen molar-refractivity contribution in [3.8, 4) is 5.69 Å². The van der Waals surface area contributed by atoms with E-state index in [1.165, 1.54) is 4.57 Å². The van der Waals surface area contributed by atoms with Gasteiger partial charge in [-0.05, 0) is 38.1 Å². The lowest BCUT2D eigenvalue weighted by atomic mass is 10.2. The minimum Gasteiger partial charge on any atom is -0.277 e. The second-order valence-corrected chi connectivity index (χ2v) is 7.34. The van der Waals surface area contributed by atoms with Crippen LogP contribution >= 0.6 is 0 Å². The first-order valence-electron chi connectivity index (χ1n) is 7.37. The average molecular weight is 340 g/mol. The summed E-state index contributed by atoms with van der Waals surface area (Å²) in [7, 11) is -3.80. The van der Waals surface area contributed by atoms with E-state index >= 15 is 0 Å². The van der Waals surface area contributed by atoms with Crippen molar-refractivity contribution in [2.45, 2.75) is 23.8 Å². The fraction of sp³-hybridized carbons (Fsp3) is 0.111. The van der Waals surface area contributed by atoms with Crippen LogP contribution in [0.25, 0.3) is 5.69 Å². The van der Waals surface area contributed by atoms with E-state index < -0.39 is 9.84 Å². The Bertz CT molecular complexity index is 1040. The largest absolute Gasteiger partial charge is 0.277 e. The van der Waals surface area contributed by atoms with Gasteiger partial charge in [-0.1, -0.05) is 35.9 Å². The molecule has 24 heavy (non-hydrogen) atoms. The number of rotatable bonds is 3. The summed E-state index contributed by atoms with van der Waals surface area (Å²) in [5, 5.41) is -0.116. The van der Waals surface area contributed by atoms with E-state index in [1.807, 2.05) is 13.0 Å². The number of hydrogen-bond acceptors (Lipinski definition) is 4. The van der Waals surface area contributed by atoms with E-state index in [-0.39, 0.29) is 21.2 Å². The Balaban J connectivity index is 2.23. The molecule has 6 heteroatoms. The van der Waals surface area contributed by atoms with Gasteiger partial charge >= 0.3 is 0 Å². The first-order chi connectivity index (χ1) is 11.4. The summed E-state index contributed by atoms with van der Waals surface area (Å²) in [6, 6.07) is 15.5. The number of para-hydroxylation sites is 1. The second-order valence-electron chi connectivity index (χ2n) is 5.47. The molecule has 0 unspecified atom stereocenters. The number of aryl methyl sites for hydroxylation is 1. The van der Waals surface area contributed by atoms with Crippen LogP contribution in [-0.4, -0.2) is 18.0 Å². The molecule has 0 atom stereocenters. The van der Waals surface area contributed by atoms with Gasteiger partial charge in [0.05, 0.1) is 16.8 Å². The van der Waals surface area contributed by atoms with Crippen molar-refractivity contribution < 1.29 is 8.42 Å². The van der Waals surface area contributed by atoms with Crippen LogP contribution in [0.1, 0.15) is 11.3 Å². The number of sulfone groups is 1. The van der Waals surface area contributed by atoms with E-state index in [0.29, 0.717) is 5.69 Å². The Morgan fingerprint density at radius 1 is 0.917 bits per heavy atom. The van der Waals surface area contributed by atoms with Crippen LogP contribution in [0.4, 0.5) is 0 Å². The molecule has 122 valence electrons. The van der Waals surface area contributed by atoms with Gasteiger partial charge in [-0.3, -0.25) is 9.36 Å². The Labute approximate surface area is 140 Å². The number of aromatic nitrogens is 2. The zero-order valence-corrected chi connectivity index (χ0v) is 14.1.